The summed E-state index contributed by atoms with van der Waals surface area (Å²) in [5, 5.41) is 13.3. The van der Waals surface area contributed by atoms with Gasteiger partial charge in [-0.15, -0.1) is 0 Å². The van der Waals surface area contributed by atoms with Crippen molar-refractivity contribution in [3.63, 3.8) is 0 Å². The Morgan fingerprint density at radius 2 is 1.58 bits per heavy atom. The summed E-state index contributed by atoms with van der Waals surface area (Å²) in [6.07, 6.45) is 11.0. The Labute approximate surface area is 157 Å². The van der Waals surface area contributed by atoms with Gasteiger partial charge in [-0.25, -0.2) is 0 Å². The van der Waals surface area contributed by atoms with Crippen LogP contribution in [-0.4, -0.2) is 14.1 Å². The molecule has 26 heavy (non-hydrogen) atoms. The Morgan fingerprint density at radius 3 is 2.27 bits per heavy atom. The minimum Gasteiger partial charge on any atom is -0.265 e. The van der Waals surface area contributed by atoms with Gasteiger partial charge in [0, 0.05) is 5.92 Å². The normalized spacial score (nSPS) is 22.4. The smallest absolute Gasteiger partial charge is 0.265 e. The van der Waals surface area contributed by atoms with E-state index < -0.39 is 10.1 Å². The van der Waals surface area contributed by atoms with E-state index >= 15 is 0 Å². The van der Waals surface area contributed by atoms with Gasteiger partial charge in [0.25, 0.3) is 0 Å². The number of oxime groups is 1. The molecule has 1 fully saturated rings. The first-order chi connectivity index (χ1) is 12.6. The molecular formula is C20H28N2O3S. The monoisotopic (exact) mass is 376 g/mol. The molecular weight excluding hydrogens is 348 g/mol. The Balaban J connectivity index is 2.04. The van der Waals surface area contributed by atoms with Crippen molar-refractivity contribution in [2.75, 3.05) is 0 Å². The Bertz CT molecular complexity index is 708. The molecule has 0 N–H and O–H groups in total. The maximum Gasteiger partial charge on any atom is 0.358 e. The molecule has 0 bridgehead atoms. The van der Waals surface area contributed by atoms with Crippen LogP contribution in [0, 0.1) is 17.2 Å². The van der Waals surface area contributed by atoms with Crippen molar-refractivity contribution in [3.8, 4) is 6.07 Å². The highest BCUT2D eigenvalue weighted by atomic mass is 32.2. The largest absolute Gasteiger partial charge is 0.358 e. The third-order valence-corrected chi connectivity index (χ3v) is 5.90. The minimum atomic E-state index is -3.89. The second-order valence-electron chi connectivity index (χ2n) is 6.88. The highest BCUT2D eigenvalue weighted by Gasteiger charge is 2.16. The maximum atomic E-state index is 12.2. The van der Waals surface area contributed by atoms with Crippen molar-refractivity contribution in [1.29, 1.82) is 5.26 Å². The zero-order valence-corrected chi connectivity index (χ0v) is 16.1. The molecule has 1 aromatic rings. The molecule has 1 aromatic carbocycles. The summed E-state index contributed by atoms with van der Waals surface area (Å²) in [5.74, 6) is 0.00619. The Morgan fingerprint density at radius 1 is 0.923 bits per heavy atom. The summed E-state index contributed by atoms with van der Waals surface area (Å²) in [6, 6.07) is 10.4. The zero-order chi connectivity index (χ0) is 18.7. The highest BCUT2D eigenvalue weighted by Crippen LogP contribution is 2.20. The van der Waals surface area contributed by atoms with Crippen molar-refractivity contribution in [3.05, 3.63) is 30.3 Å². The quantitative estimate of drug-likeness (QED) is 0.680. The van der Waals surface area contributed by atoms with Crippen LogP contribution in [0.15, 0.2) is 40.4 Å². The van der Waals surface area contributed by atoms with Crippen molar-refractivity contribution in [1.82, 2.24) is 0 Å². The van der Waals surface area contributed by atoms with Crippen LogP contribution in [0.4, 0.5) is 0 Å². The second-order valence-corrected chi connectivity index (χ2v) is 8.41. The third kappa shape index (κ3) is 7.17. The lowest BCUT2D eigenvalue weighted by Gasteiger charge is -2.10. The van der Waals surface area contributed by atoms with Crippen LogP contribution in [-0.2, 0) is 14.4 Å². The molecule has 2 rings (SSSR count). The molecule has 0 radical (unpaired) electrons. The molecule has 0 aromatic heterocycles. The molecule has 0 saturated heterocycles. The van der Waals surface area contributed by atoms with Gasteiger partial charge in [0.15, 0.2) is 0 Å². The molecule has 1 aliphatic carbocycles. The SMILES string of the molecule is N#CC1CCCCCCCCC/C(=N\OS(=O)(=O)c2ccccc2)CC1. The number of nitrogens with zero attached hydrogens (tertiary/aromatic N) is 2. The van der Waals surface area contributed by atoms with Crippen LogP contribution in [0.3, 0.4) is 0 Å². The van der Waals surface area contributed by atoms with Crippen LogP contribution in [0.2, 0.25) is 0 Å². The third-order valence-electron chi connectivity index (χ3n) is 4.78. The highest BCUT2D eigenvalue weighted by molar-refractivity contribution is 7.86. The predicted octanol–water partition coefficient (Wildman–Crippen LogP) is 5.19. The van der Waals surface area contributed by atoms with E-state index in [9.17, 15) is 13.7 Å². The molecule has 0 amide bonds. The topological polar surface area (TPSA) is 79.5 Å². The Kier molecular flexibility index (Phi) is 8.63. The van der Waals surface area contributed by atoms with Gasteiger partial charge in [-0.3, -0.25) is 4.28 Å². The summed E-state index contributed by atoms with van der Waals surface area (Å²) in [6.45, 7) is 0. The number of hydrogen-bond donors (Lipinski definition) is 0. The molecule has 0 aliphatic heterocycles. The predicted molar refractivity (Wildman–Crippen MR) is 102 cm³/mol. The molecule has 1 aliphatic rings. The van der Waals surface area contributed by atoms with Gasteiger partial charge in [-0.1, -0.05) is 61.9 Å². The maximum absolute atomic E-state index is 12.2. The first-order valence-corrected chi connectivity index (χ1v) is 11.0. The summed E-state index contributed by atoms with van der Waals surface area (Å²) < 4.78 is 29.4. The van der Waals surface area contributed by atoms with E-state index in [1.165, 1.54) is 37.8 Å². The molecule has 6 heteroatoms. The Hall–Kier alpha value is -1.87. The van der Waals surface area contributed by atoms with E-state index in [1.807, 2.05) is 0 Å². The lowest BCUT2D eigenvalue weighted by Crippen LogP contribution is -2.08. The first-order valence-electron chi connectivity index (χ1n) is 9.56. The number of benzene rings is 1. The van der Waals surface area contributed by atoms with Crippen molar-refractivity contribution in [2.24, 2.45) is 11.1 Å². The average molecular weight is 377 g/mol. The van der Waals surface area contributed by atoms with E-state index in [0.29, 0.717) is 12.8 Å². The molecule has 1 unspecified atom stereocenters. The van der Waals surface area contributed by atoms with Crippen LogP contribution < -0.4 is 0 Å². The summed E-state index contributed by atoms with van der Waals surface area (Å²) in [5.41, 5.74) is 0.740. The van der Waals surface area contributed by atoms with E-state index in [2.05, 4.69) is 11.2 Å². The zero-order valence-electron chi connectivity index (χ0n) is 15.3. The lowest BCUT2D eigenvalue weighted by atomic mass is 9.95. The number of hydrogen-bond acceptors (Lipinski definition) is 5. The fraction of sp³-hybridized carbons (Fsp3) is 0.600. The molecule has 142 valence electrons. The van der Waals surface area contributed by atoms with E-state index in [4.69, 9.17) is 4.28 Å². The van der Waals surface area contributed by atoms with Crippen molar-refractivity contribution >= 4 is 15.8 Å². The lowest BCUT2D eigenvalue weighted by molar-refractivity contribution is 0.335. The fourth-order valence-electron chi connectivity index (χ4n) is 3.17. The molecule has 0 heterocycles. The van der Waals surface area contributed by atoms with Gasteiger partial charge in [-0.05, 0) is 44.2 Å². The second kappa shape index (κ2) is 11.0. The van der Waals surface area contributed by atoms with Gasteiger partial charge in [-0.2, -0.15) is 13.7 Å². The molecule has 1 saturated carbocycles. The van der Waals surface area contributed by atoms with E-state index in [1.54, 1.807) is 18.2 Å². The summed E-state index contributed by atoms with van der Waals surface area (Å²) in [7, 11) is -3.89. The van der Waals surface area contributed by atoms with Crippen LogP contribution in [0.1, 0.15) is 70.6 Å². The van der Waals surface area contributed by atoms with Gasteiger partial charge < -0.3 is 0 Å². The summed E-state index contributed by atoms with van der Waals surface area (Å²) >= 11 is 0. The van der Waals surface area contributed by atoms with Crippen LogP contribution in [0.5, 0.6) is 0 Å². The average Bonchev–Trinajstić information content (AvgIpc) is 2.68. The first kappa shape index (κ1) is 20.4. The number of rotatable bonds is 3. The standard InChI is InChI=1S/C20H28N2O3S/c21-17-18-11-7-4-2-1-3-5-8-12-19(16-15-18)22-25-26(23,24)20-13-9-6-10-14-20/h6,9-10,13-14,18H,1-5,7-8,11-12,15-16H2/b22-19+. The van der Waals surface area contributed by atoms with Crippen molar-refractivity contribution < 1.29 is 12.7 Å². The van der Waals surface area contributed by atoms with Gasteiger partial charge in [0.1, 0.15) is 4.90 Å². The van der Waals surface area contributed by atoms with Crippen LogP contribution >= 0.6 is 0 Å². The van der Waals surface area contributed by atoms with Gasteiger partial charge in [0.05, 0.1) is 11.8 Å². The number of nitriles is 1. The molecule has 5 nitrogen and oxygen atoms in total. The van der Waals surface area contributed by atoms with Crippen molar-refractivity contribution in [2.45, 2.75) is 75.5 Å². The summed E-state index contributed by atoms with van der Waals surface area (Å²) in [4.78, 5) is 0.101. The van der Waals surface area contributed by atoms with Gasteiger partial charge in [0.2, 0.25) is 0 Å². The van der Waals surface area contributed by atoms with Crippen LogP contribution in [0.25, 0.3) is 0 Å². The van der Waals surface area contributed by atoms with E-state index in [0.717, 1.165) is 37.8 Å². The van der Waals surface area contributed by atoms with Gasteiger partial charge >= 0.3 is 10.1 Å². The minimum absolute atomic E-state index is 0.00619. The molecule has 1 atom stereocenters. The molecule has 0 spiro atoms. The van der Waals surface area contributed by atoms with E-state index in [-0.39, 0.29) is 10.8 Å². The fourth-order valence-corrected chi connectivity index (χ4v) is 3.95.